The number of benzene rings is 1. The average Bonchev–Trinajstić information content (AvgIpc) is 3.33. The molecule has 1 aromatic rings. The van der Waals surface area contributed by atoms with E-state index in [1.54, 1.807) is 0 Å². The molecule has 5 nitrogen and oxygen atoms in total. The fourth-order valence-electron chi connectivity index (χ4n) is 2.48. The van der Waals surface area contributed by atoms with Gasteiger partial charge in [0.2, 0.25) is 5.91 Å². The summed E-state index contributed by atoms with van der Waals surface area (Å²) in [6, 6.07) is 10.5. The summed E-state index contributed by atoms with van der Waals surface area (Å²) < 4.78 is 5.17. The van der Waals surface area contributed by atoms with E-state index in [-0.39, 0.29) is 5.91 Å². The number of carbonyl (C=O) groups is 2. The molecule has 0 atom stereocenters. The highest BCUT2D eigenvalue weighted by molar-refractivity contribution is 5.77. The molecule has 0 unspecified atom stereocenters. The second kappa shape index (κ2) is 8.18. The Balaban J connectivity index is 1.73. The normalized spacial score (nSPS) is 14.1. The van der Waals surface area contributed by atoms with E-state index < -0.39 is 11.7 Å². The highest BCUT2D eigenvalue weighted by Crippen LogP contribution is 2.29. The number of hydrogen-bond donors (Lipinski definition) is 1. The van der Waals surface area contributed by atoms with Gasteiger partial charge in [-0.25, -0.2) is 4.79 Å². The van der Waals surface area contributed by atoms with Gasteiger partial charge in [0.25, 0.3) is 0 Å². The van der Waals surface area contributed by atoms with Crippen molar-refractivity contribution in [3.63, 3.8) is 0 Å². The second-order valence-electron chi connectivity index (χ2n) is 7.27. The summed E-state index contributed by atoms with van der Waals surface area (Å²) in [4.78, 5) is 26.0. The first-order chi connectivity index (χ1) is 11.3. The molecule has 1 aliphatic rings. The van der Waals surface area contributed by atoms with Crippen LogP contribution in [-0.4, -0.2) is 35.1 Å². The van der Waals surface area contributed by atoms with Crippen molar-refractivity contribution in [1.82, 2.24) is 10.2 Å². The fourth-order valence-corrected chi connectivity index (χ4v) is 2.48. The molecule has 0 heterocycles. The van der Waals surface area contributed by atoms with Crippen LogP contribution < -0.4 is 5.32 Å². The number of nitrogens with one attached hydrogen (secondary N) is 1. The van der Waals surface area contributed by atoms with Crippen molar-refractivity contribution in [2.75, 3.05) is 6.54 Å². The zero-order chi connectivity index (χ0) is 17.6. The first-order valence-electron chi connectivity index (χ1n) is 8.65. The maximum atomic E-state index is 12.5. The van der Waals surface area contributed by atoms with Crippen LogP contribution in [0.25, 0.3) is 0 Å². The van der Waals surface area contributed by atoms with Crippen LogP contribution in [0.3, 0.4) is 0 Å². The standard InChI is InChI=1S/C19H28N2O3/c1-19(2,3)24-18(23)20-13-7-10-17(22)21(16-11-12-16)14-15-8-5-4-6-9-15/h4-6,8-9,16H,7,10-14H2,1-3H3,(H,20,23). The second-order valence-corrected chi connectivity index (χ2v) is 7.27. The van der Waals surface area contributed by atoms with Crippen LogP contribution in [0.4, 0.5) is 4.79 Å². The minimum Gasteiger partial charge on any atom is -0.444 e. The molecule has 1 fully saturated rings. The molecule has 1 N–H and O–H groups in total. The van der Waals surface area contributed by atoms with Gasteiger partial charge in [-0.05, 0) is 45.6 Å². The highest BCUT2D eigenvalue weighted by atomic mass is 16.6. The lowest BCUT2D eigenvalue weighted by atomic mass is 10.2. The Bertz CT molecular complexity index is 547. The van der Waals surface area contributed by atoms with E-state index in [4.69, 9.17) is 4.74 Å². The molecule has 132 valence electrons. The fraction of sp³-hybridized carbons (Fsp3) is 0.579. The minimum absolute atomic E-state index is 0.160. The zero-order valence-corrected chi connectivity index (χ0v) is 14.9. The van der Waals surface area contributed by atoms with Crippen molar-refractivity contribution >= 4 is 12.0 Å². The van der Waals surface area contributed by atoms with Gasteiger partial charge in [-0.2, -0.15) is 0 Å². The first-order valence-corrected chi connectivity index (χ1v) is 8.65. The van der Waals surface area contributed by atoms with Gasteiger partial charge in [0.05, 0.1) is 0 Å². The van der Waals surface area contributed by atoms with Gasteiger partial charge in [-0.15, -0.1) is 0 Å². The van der Waals surface area contributed by atoms with Crippen molar-refractivity contribution in [1.29, 1.82) is 0 Å². The summed E-state index contributed by atoms with van der Waals surface area (Å²) in [5, 5.41) is 2.70. The molecule has 1 aliphatic carbocycles. The van der Waals surface area contributed by atoms with Gasteiger partial charge in [0.15, 0.2) is 0 Å². The Morgan fingerprint density at radius 3 is 2.46 bits per heavy atom. The third-order valence-corrected chi connectivity index (χ3v) is 3.74. The third kappa shape index (κ3) is 6.60. The van der Waals surface area contributed by atoms with Gasteiger partial charge in [-0.3, -0.25) is 4.79 Å². The van der Waals surface area contributed by atoms with Gasteiger partial charge in [-0.1, -0.05) is 30.3 Å². The van der Waals surface area contributed by atoms with E-state index in [2.05, 4.69) is 5.32 Å². The molecule has 0 radical (unpaired) electrons. The molecule has 2 rings (SSSR count). The van der Waals surface area contributed by atoms with E-state index in [1.807, 2.05) is 56.0 Å². The van der Waals surface area contributed by atoms with Crippen LogP contribution in [0.2, 0.25) is 0 Å². The summed E-state index contributed by atoms with van der Waals surface area (Å²) in [5.74, 6) is 0.160. The Morgan fingerprint density at radius 1 is 1.21 bits per heavy atom. The summed E-state index contributed by atoms with van der Waals surface area (Å²) in [6.07, 6.45) is 2.82. The SMILES string of the molecule is CC(C)(C)OC(=O)NCCCC(=O)N(Cc1ccccc1)C1CC1. The van der Waals surface area contributed by atoms with Gasteiger partial charge in [0, 0.05) is 25.6 Å². The van der Waals surface area contributed by atoms with Gasteiger partial charge < -0.3 is 15.0 Å². The van der Waals surface area contributed by atoms with Crippen molar-refractivity contribution < 1.29 is 14.3 Å². The molecular weight excluding hydrogens is 304 g/mol. The minimum atomic E-state index is -0.502. The summed E-state index contributed by atoms with van der Waals surface area (Å²) in [6.45, 7) is 6.60. The molecule has 1 aromatic carbocycles. The van der Waals surface area contributed by atoms with Crippen LogP contribution in [-0.2, 0) is 16.1 Å². The Labute approximate surface area is 144 Å². The molecule has 0 aliphatic heterocycles. The first kappa shape index (κ1) is 18.3. The van der Waals surface area contributed by atoms with Crippen molar-refractivity contribution in [2.24, 2.45) is 0 Å². The van der Waals surface area contributed by atoms with Gasteiger partial charge in [0.1, 0.15) is 5.60 Å². The van der Waals surface area contributed by atoms with Gasteiger partial charge >= 0.3 is 6.09 Å². The average molecular weight is 332 g/mol. The molecule has 0 saturated heterocycles. The number of rotatable bonds is 7. The van der Waals surface area contributed by atoms with Crippen LogP contribution in [0, 0.1) is 0 Å². The molecule has 5 heteroatoms. The van der Waals surface area contributed by atoms with E-state index >= 15 is 0 Å². The van der Waals surface area contributed by atoms with Crippen LogP contribution >= 0.6 is 0 Å². The topological polar surface area (TPSA) is 58.6 Å². The largest absolute Gasteiger partial charge is 0.444 e. The number of amides is 2. The Kier molecular flexibility index (Phi) is 6.23. The lowest BCUT2D eigenvalue weighted by Gasteiger charge is -2.23. The quantitative estimate of drug-likeness (QED) is 0.778. The maximum absolute atomic E-state index is 12.5. The molecule has 1 saturated carbocycles. The number of ether oxygens (including phenoxy) is 1. The Morgan fingerprint density at radius 2 is 1.88 bits per heavy atom. The van der Waals surface area contributed by atoms with E-state index in [0.29, 0.717) is 32.0 Å². The lowest BCUT2D eigenvalue weighted by Crippen LogP contribution is -2.35. The summed E-state index contributed by atoms with van der Waals surface area (Å²) in [5.41, 5.74) is 0.655. The molecule has 0 aromatic heterocycles. The monoisotopic (exact) mass is 332 g/mol. The van der Waals surface area contributed by atoms with Crippen LogP contribution in [0.1, 0.15) is 52.0 Å². The number of carbonyl (C=O) groups excluding carboxylic acids is 2. The molecule has 24 heavy (non-hydrogen) atoms. The van der Waals surface area contributed by atoms with E-state index in [1.165, 1.54) is 0 Å². The van der Waals surface area contributed by atoms with Crippen molar-refractivity contribution in [3.05, 3.63) is 35.9 Å². The third-order valence-electron chi connectivity index (χ3n) is 3.74. The number of alkyl carbamates (subject to hydrolysis) is 1. The number of nitrogens with zero attached hydrogens (tertiary/aromatic N) is 1. The number of hydrogen-bond acceptors (Lipinski definition) is 3. The van der Waals surface area contributed by atoms with E-state index in [0.717, 1.165) is 18.4 Å². The van der Waals surface area contributed by atoms with Crippen molar-refractivity contribution in [2.45, 2.75) is 64.6 Å². The zero-order valence-electron chi connectivity index (χ0n) is 14.9. The van der Waals surface area contributed by atoms with E-state index in [9.17, 15) is 9.59 Å². The lowest BCUT2D eigenvalue weighted by molar-refractivity contribution is -0.132. The predicted octanol–water partition coefficient (Wildman–Crippen LogP) is 3.48. The molecule has 2 amide bonds. The highest BCUT2D eigenvalue weighted by Gasteiger charge is 2.32. The maximum Gasteiger partial charge on any atom is 0.407 e. The Hall–Kier alpha value is -2.04. The van der Waals surface area contributed by atoms with Crippen LogP contribution in [0.15, 0.2) is 30.3 Å². The smallest absolute Gasteiger partial charge is 0.407 e. The predicted molar refractivity (Wildman–Crippen MR) is 93.5 cm³/mol. The summed E-state index contributed by atoms with van der Waals surface area (Å²) in [7, 11) is 0. The molecule has 0 spiro atoms. The summed E-state index contributed by atoms with van der Waals surface area (Å²) >= 11 is 0. The molecule has 0 bridgehead atoms. The van der Waals surface area contributed by atoms with Crippen molar-refractivity contribution in [3.8, 4) is 0 Å². The molecular formula is C19H28N2O3. The van der Waals surface area contributed by atoms with Crippen LogP contribution in [0.5, 0.6) is 0 Å².